The van der Waals surface area contributed by atoms with Crippen molar-refractivity contribution >= 4 is 28.4 Å². The lowest BCUT2D eigenvalue weighted by Crippen LogP contribution is -2.47. The van der Waals surface area contributed by atoms with Gasteiger partial charge in [0.1, 0.15) is 5.82 Å². The first-order valence-corrected chi connectivity index (χ1v) is 10.7. The van der Waals surface area contributed by atoms with Gasteiger partial charge in [-0.3, -0.25) is 4.98 Å². The molecule has 0 bridgehead atoms. The van der Waals surface area contributed by atoms with Gasteiger partial charge in [-0.15, -0.1) is 0 Å². The third-order valence-corrected chi connectivity index (χ3v) is 6.09. The second-order valence-electron chi connectivity index (χ2n) is 8.09. The Kier molecular flexibility index (Phi) is 4.92. The predicted octanol–water partition coefficient (Wildman–Crippen LogP) is 3.65. The molecule has 6 heteroatoms. The maximum absolute atomic E-state index is 4.89. The molecule has 6 nitrogen and oxygen atoms in total. The minimum atomic E-state index is 0.889. The Morgan fingerprint density at radius 3 is 2.31 bits per heavy atom. The molecule has 0 atom stereocenters. The standard InChI is InChI=1S/C23H28N6/c1-18-5-6-19-20(17-18)24-9-7-21(19)27-13-15-28(16-14-27)22-8-10-25-23(26-22)29-11-3-2-4-12-29/h5-10,17H,2-4,11-16H2,1H3. The maximum atomic E-state index is 4.89. The summed E-state index contributed by atoms with van der Waals surface area (Å²) >= 11 is 0. The normalized spacial score (nSPS) is 17.8. The lowest BCUT2D eigenvalue weighted by Gasteiger charge is -2.37. The largest absolute Gasteiger partial charge is 0.367 e. The van der Waals surface area contributed by atoms with Gasteiger partial charge in [-0.1, -0.05) is 12.1 Å². The third-order valence-electron chi connectivity index (χ3n) is 6.09. The molecule has 2 aliphatic heterocycles. The molecule has 150 valence electrons. The SMILES string of the molecule is Cc1ccc2c(N3CCN(c4ccnc(N5CCCCC5)n4)CC3)ccnc2c1. The molecule has 4 heterocycles. The molecule has 0 saturated carbocycles. The number of hydrogen-bond acceptors (Lipinski definition) is 6. The number of piperazine rings is 1. The molecular weight excluding hydrogens is 360 g/mol. The van der Waals surface area contributed by atoms with Gasteiger partial charge in [0, 0.05) is 62.7 Å². The van der Waals surface area contributed by atoms with Gasteiger partial charge in [-0.2, -0.15) is 4.98 Å². The fourth-order valence-electron chi connectivity index (χ4n) is 4.46. The molecule has 3 aromatic rings. The van der Waals surface area contributed by atoms with E-state index in [1.807, 2.05) is 18.5 Å². The molecule has 5 rings (SSSR count). The fraction of sp³-hybridized carbons (Fsp3) is 0.435. The highest BCUT2D eigenvalue weighted by Crippen LogP contribution is 2.28. The van der Waals surface area contributed by atoms with Crippen LogP contribution in [-0.2, 0) is 0 Å². The molecule has 2 saturated heterocycles. The highest BCUT2D eigenvalue weighted by atomic mass is 15.3. The van der Waals surface area contributed by atoms with Gasteiger partial charge in [0.2, 0.25) is 5.95 Å². The van der Waals surface area contributed by atoms with Crippen LogP contribution in [0.25, 0.3) is 10.9 Å². The van der Waals surface area contributed by atoms with Crippen LogP contribution >= 0.6 is 0 Å². The monoisotopic (exact) mass is 388 g/mol. The number of aryl methyl sites for hydroxylation is 1. The topological polar surface area (TPSA) is 48.4 Å². The van der Waals surface area contributed by atoms with Gasteiger partial charge in [-0.05, 0) is 49.9 Å². The van der Waals surface area contributed by atoms with Crippen LogP contribution in [0.15, 0.2) is 42.7 Å². The number of aromatic nitrogens is 3. The summed E-state index contributed by atoms with van der Waals surface area (Å²) in [5.74, 6) is 1.94. The zero-order valence-corrected chi connectivity index (χ0v) is 17.1. The Morgan fingerprint density at radius 1 is 0.724 bits per heavy atom. The molecule has 29 heavy (non-hydrogen) atoms. The molecule has 0 unspecified atom stereocenters. The van der Waals surface area contributed by atoms with Crippen molar-refractivity contribution in [3.63, 3.8) is 0 Å². The Morgan fingerprint density at radius 2 is 1.48 bits per heavy atom. The highest BCUT2D eigenvalue weighted by molar-refractivity contribution is 5.92. The first-order chi connectivity index (χ1) is 14.3. The number of piperidine rings is 1. The molecule has 0 aliphatic carbocycles. The summed E-state index contributed by atoms with van der Waals surface area (Å²) in [5.41, 5.74) is 3.61. The zero-order chi connectivity index (χ0) is 19.6. The average molecular weight is 389 g/mol. The summed E-state index contributed by atoms with van der Waals surface area (Å²) in [4.78, 5) is 21.2. The summed E-state index contributed by atoms with van der Waals surface area (Å²) in [6.07, 6.45) is 7.65. The van der Waals surface area contributed by atoms with Crippen LogP contribution in [0, 0.1) is 6.92 Å². The summed E-state index contributed by atoms with van der Waals surface area (Å²) < 4.78 is 0. The van der Waals surface area contributed by atoms with E-state index in [9.17, 15) is 0 Å². The van der Waals surface area contributed by atoms with E-state index in [0.717, 1.165) is 56.6 Å². The van der Waals surface area contributed by atoms with E-state index in [1.54, 1.807) is 0 Å². The average Bonchev–Trinajstić information content (AvgIpc) is 2.79. The molecule has 0 N–H and O–H groups in total. The van der Waals surface area contributed by atoms with E-state index in [2.05, 4.69) is 55.9 Å². The number of fused-ring (bicyclic) bond motifs is 1. The molecule has 2 aliphatic rings. The number of benzene rings is 1. The lowest BCUT2D eigenvalue weighted by molar-refractivity contribution is 0.567. The van der Waals surface area contributed by atoms with Crippen LogP contribution in [0.1, 0.15) is 24.8 Å². The van der Waals surface area contributed by atoms with Crippen LogP contribution in [-0.4, -0.2) is 54.2 Å². The van der Waals surface area contributed by atoms with Gasteiger partial charge in [-0.25, -0.2) is 4.98 Å². The van der Waals surface area contributed by atoms with Crippen molar-refractivity contribution < 1.29 is 0 Å². The van der Waals surface area contributed by atoms with Gasteiger partial charge < -0.3 is 14.7 Å². The molecule has 0 radical (unpaired) electrons. The number of anilines is 3. The number of rotatable bonds is 3. The van der Waals surface area contributed by atoms with Gasteiger partial charge in [0.25, 0.3) is 0 Å². The van der Waals surface area contributed by atoms with Crippen molar-refractivity contribution in [1.29, 1.82) is 0 Å². The van der Waals surface area contributed by atoms with Crippen LogP contribution in [0.5, 0.6) is 0 Å². The zero-order valence-electron chi connectivity index (χ0n) is 17.1. The predicted molar refractivity (Wildman–Crippen MR) is 119 cm³/mol. The number of hydrogen-bond donors (Lipinski definition) is 0. The van der Waals surface area contributed by atoms with Crippen molar-refractivity contribution in [2.45, 2.75) is 26.2 Å². The Bertz CT molecular complexity index is 990. The maximum Gasteiger partial charge on any atom is 0.227 e. The number of nitrogens with zero attached hydrogens (tertiary/aromatic N) is 6. The van der Waals surface area contributed by atoms with Crippen LogP contribution in [0.3, 0.4) is 0 Å². The van der Waals surface area contributed by atoms with Crippen molar-refractivity contribution in [3.8, 4) is 0 Å². The van der Waals surface area contributed by atoms with E-state index in [-0.39, 0.29) is 0 Å². The Balaban J connectivity index is 1.31. The summed E-state index contributed by atoms with van der Waals surface area (Å²) in [7, 11) is 0. The van der Waals surface area contributed by atoms with Crippen LogP contribution in [0.2, 0.25) is 0 Å². The van der Waals surface area contributed by atoms with E-state index >= 15 is 0 Å². The summed E-state index contributed by atoms with van der Waals surface area (Å²) in [5, 5.41) is 1.24. The Hall–Kier alpha value is -2.89. The minimum absolute atomic E-state index is 0.889. The van der Waals surface area contributed by atoms with Crippen molar-refractivity contribution in [3.05, 3.63) is 48.3 Å². The first kappa shape index (κ1) is 18.2. The van der Waals surface area contributed by atoms with E-state index in [4.69, 9.17) is 4.98 Å². The summed E-state index contributed by atoms with van der Waals surface area (Å²) in [6, 6.07) is 10.7. The fourth-order valence-corrected chi connectivity index (χ4v) is 4.46. The van der Waals surface area contributed by atoms with E-state index < -0.39 is 0 Å². The Labute approximate surface area is 172 Å². The van der Waals surface area contributed by atoms with Gasteiger partial charge in [0.15, 0.2) is 0 Å². The van der Waals surface area contributed by atoms with Crippen LogP contribution < -0.4 is 14.7 Å². The van der Waals surface area contributed by atoms with Gasteiger partial charge >= 0.3 is 0 Å². The van der Waals surface area contributed by atoms with Crippen molar-refractivity contribution in [2.75, 3.05) is 54.0 Å². The third kappa shape index (κ3) is 3.71. The van der Waals surface area contributed by atoms with Crippen molar-refractivity contribution in [1.82, 2.24) is 15.0 Å². The summed E-state index contributed by atoms with van der Waals surface area (Å²) in [6.45, 7) is 8.16. The molecule has 0 amide bonds. The van der Waals surface area contributed by atoms with E-state index in [0.29, 0.717) is 0 Å². The molecular formula is C23H28N6. The second-order valence-corrected chi connectivity index (χ2v) is 8.09. The van der Waals surface area contributed by atoms with Crippen LogP contribution in [0.4, 0.5) is 17.5 Å². The highest BCUT2D eigenvalue weighted by Gasteiger charge is 2.21. The molecule has 2 fully saturated rings. The second kappa shape index (κ2) is 7.85. The molecule has 1 aromatic carbocycles. The number of pyridine rings is 1. The van der Waals surface area contributed by atoms with E-state index in [1.165, 1.54) is 35.9 Å². The van der Waals surface area contributed by atoms with Gasteiger partial charge in [0.05, 0.1) is 5.52 Å². The quantitative estimate of drug-likeness (QED) is 0.683. The molecule has 0 spiro atoms. The smallest absolute Gasteiger partial charge is 0.227 e. The molecule has 2 aromatic heterocycles. The minimum Gasteiger partial charge on any atom is -0.367 e. The first-order valence-electron chi connectivity index (χ1n) is 10.7. The van der Waals surface area contributed by atoms with Crippen molar-refractivity contribution in [2.24, 2.45) is 0 Å². The lowest BCUT2D eigenvalue weighted by atomic mass is 10.1.